The molecule has 11 heteroatoms. The van der Waals surface area contributed by atoms with Crippen LogP contribution in [0.5, 0.6) is 0 Å². The zero-order chi connectivity index (χ0) is 21.8. The summed E-state index contributed by atoms with van der Waals surface area (Å²) in [5.41, 5.74) is 1.26. The van der Waals surface area contributed by atoms with Crippen molar-refractivity contribution in [1.82, 2.24) is 30.0 Å². The lowest BCUT2D eigenvalue weighted by atomic mass is 10.2. The van der Waals surface area contributed by atoms with E-state index >= 15 is 0 Å². The second kappa shape index (κ2) is 9.95. The van der Waals surface area contributed by atoms with Crippen LogP contribution in [0.2, 0.25) is 10.0 Å². The molecule has 31 heavy (non-hydrogen) atoms. The van der Waals surface area contributed by atoms with Crippen molar-refractivity contribution in [2.24, 2.45) is 0 Å². The quantitative estimate of drug-likeness (QED) is 0.502. The Labute approximate surface area is 193 Å². The molecule has 162 valence electrons. The number of piperazine rings is 1. The van der Waals surface area contributed by atoms with E-state index in [9.17, 15) is 9.18 Å². The van der Waals surface area contributed by atoms with Gasteiger partial charge in [-0.3, -0.25) is 9.69 Å². The van der Waals surface area contributed by atoms with E-state index in [0.29, 0.717) is 53.5 Å². The number of hydrogen-bond acceptors (Lipinski definition) is 6. The van der Waals surface area contributed by atoms with Gasteiger partial charge in [0.05, 0.1) is 11.4 Å². The number of nitrogens with zero attached hydrogens (tertiary/aromatic N) is 6. The number of aromatic nitrogens is 4. The van der Waals surface area contributed by atoms with Gasteiger partial charge in [0.2, 0.25) is 11.1 Å². The van der Waals surface area contributed by atoms with Crippen molar-refractivity contribution >= 4 is 40.9 Å². The van der Waals surface area contributed by atoms with Gasteiger partial charge in [-0.05, 0) is 46.8 Å². The fraction of sp³-hybridized carbons (Fsp3) is 0.300. The number of amides is 1. The van der Waals surface area contributed by atoms with Crippen molar-refractivity contribution in [3.63, 3.8) is 0 Å². The van der Waals surface area contributed by atoms with Gasteiger partial charge in [-0.2, -0.15) is 4.68 Å². The number of thioether (sulfide) groups is 1. The van der Waals surface area contributed by atoms with Gasteiger partial charge in [0.25, 0.3) is 0 Å². The SMILES string of the molecule is O=C(CSc1nnnn1-c1ccc(Cl)cc1)N1CCN(Cc2c(F)cccc2Cl)CC1. The molecule has 1 saturated heterocycles. The van der Waals surface area contributed by atoms with Crippen molar-refractivity contribution in [2.75, 3.05) is 31.9 Å². The molecule has 0 bridgehead atoms. The van der Waals surface area contributed by atoms with Crippen LogP contribution >= 0.6 is 35.0 Å². The van der Waals surface area contributed by atoms with Gasteiger partial charge in [0, 0.05) is 48.3 Å². The van der Waals surface area contributed by atoms with E-state index in [1.165, 1.54) is 17.8 Å². The molecule has 0 aliphatic carbocycles. The summed E-state index contributed by atoms with van der Waals surface area (Å²) in [6, 6.07) is 11.8. The van der Waals surface area contributed by atoms with Gasteiger partial charge in [0.1, 0.15) is 5.82 Å². The highest BCUT2D eigenvalue weighted by atomic mass is 35.5. The highest BCUT2D eigenvalue weighted by Gasteiger charge is 2.23. The molecule has 0 N–H and O–H groups in total. The van der Waals surface area contributed by atoms with E-state index in [1.807, 2.05) is 17.0 Å². The summed E-state index contributed by atoms with van der Waals surface area (Å²) < 4.78 is 15.6. The Morgan fingerprint density at radius 3 is 2.52 bits per heavy atom. The average molecular weight is 481 g/mol. The maximum Gasteiger partial charge on any atom is 0.233 e. The van der Waals surface area contributed by atoms with E-state index in [-0.39, 0.29) is 17.5 Å². The van der Waals surface area contributed by atoms with Gasteiger partial charge in [-0.1, -0.05) is 41.0 Å². The number of halogens is 3. The van der Waals surface area contributed by atoms with E-state index in [1.54, 1.807) is 28.9 Å². The van der Waals surface area contributed by atoms with Gasteiger partial charge < -0.3 is 4.90 Å². The van der Waals surface area contributed by atoms with E-state index < -0.39 is 0 Å². The smallest absolute Gasteiger partial charge is 0.233 e. The van der Waals surface area contributed by atoms with Crippen molar-refractivity contribution in [3.8, 4) is 5.69 Å². The largest absolute Gasteiger partial charge is 0.339 e. The molecular weight excluding hydrogens is 462 g/mol. The van der Waals surface area contributed by atoms with Crippen molar-refractivity contribution in [1.29, 1.82) is 0 Å². The Kier molecular flexibility index (Phi) is 7.06. The number of benzene rings is 2. The monoisotopic (exact) mass is 480 g/mol. The number of tetrazole rings is 1. The van der Waals surface area contributed by atoms with Crippen LogP contribution in [-0.2, 0) is 11.3 Å². The summed E-state index contributed by atoms with van der Waals surface area (Å²) in [5.74, 6) is -0.0624. The number of carbonyl (C=O) groups is 1. The normalized spacial score (nSPS) is 14.7. The minimum atomic E-state index is -0.305. The summed E-state index contributed by atoms with van der Waals surface area (Å²) >= 11 is 13.3. The summed E-state index contributed by atoms with van der Waals surface area (Å²) in [6.07, 6.45) is 0. The van der Waals surface area contributed by atoms with Crippen molar-refractivity contribution < 1.29 is 9.18 Å². The van der Waals surface area contributed by atoms with Gasteiger partial charge in [-0.15, -0.1) is 5.10 Å². The molecule has 3 aromatic rings. The minimum absolute atomic E-state index is 0.0132. The predicted molar refractivity (Wildman–Crippen MR) is 118 cm³/mol. The number of carbonyl (C=O) groups excluding carboxylic acids is 1. The second-order valence-electron chi connectivity index (χ2n) is 7.00. The Bertz CT molecular complexity index is 1040. The van der Waals surface area contributed by atoms with Crippen LogP contribution in [0.25, 0.3) is 5.69 Å². The Morgan fingerprint density at radius 2 is 1.81 bits per heavy atom. The molecule has 7 nitrogen and oxygen atoms in total. The first-order valence-corrected chi connectivity index (χ1v) is 11.4. The maximum atomic E-state index is 14.0. The third kappa shape index (κ3) is 5.35. The zero-order valence-corrected chi connectivity index (χ0v) is 18.7. The zero-order valence-electron chi connectivity index (χ0n) is 16.4. The molecular formula is C20H19Cl2FN6OS. The first-order chi connectivity index (χ1) is 15.0. The minimum Gasteiger partial charge on any atom is -0.339 e. The standard InChI is InChI=1S/C20H19Cl2FN6OS/c21-14-4-6-15(7-5-14)29-20(24-25-26-29)31-13-19(30)28-10-8-27(9-11-28)12-16-17(22)2-1-3-18(16)23/h1-7H,8-13H2. The molecule has 0 spiro atoms. The summed E-state index contributed by atoms with van der Waals surface area (Å²) in [4.78, 5) is 16.6. The van der Waals surface area contributed by atoms with Gasteiger partial charge in [-0.25, -0.2) is 4.39 Å². The lowest BCUT2D eigenvalue weighted by Gasteiger charge is -2.34. The lowest BCUT2D eigenvalue weighted by molar-refractivity contribution is -0.130. The van der Waals surface area contributed by atoms with Gasteiger partial charge in [0.15, 0.2) is 0 Å². The maximum absolute atomic E-state index is 14.0. The van der Waals surface area contributed by atoms with Crippen molar-refractivity contribution in [2.45, 2.75) is 11.7 Å². The summed E-state index contributed by atoms with van der Waals surface area (Å²) in [5, 5.41) is 13.3. The lowest BCUT2D eigenvalue weighted by Crippen LogP contribution is -2.48. The molecule has 1 aliphatic rings. The van der Waals surface area contributed by atoms with Gasteiger partial charge >= 0.3 is 0 Å². The number of rotatable bonds is 6. The highest BCUT2D eigenvalue weighted by molar-refractivity contribution is 7.99. The molecule has 2 aromatic carbocycles. The molecule has 0 atom stereocenters. The van der Waals surface area contributed by atoms with Crippen LogP contribution in [0, 0.1) is 5.82 Å². The van der Waals surface area contributed by atoms with E-state index in [2.05, 4.69) is 20.4 Å². The number of hydrogen-bond donors (Lipinski definition) is 0. The molecule has 2 heterocycles. The molecule has 1 amide bonds. The topological polar surface area (TPSA) is 67.2 Å². The summed E-state index contributed by atoms with van der Waals surface area (Å²) in [6.45, 7) is 2.90. The Balaban J connectivity index is 1.29. The third-order valence-electron chi connectivity index (χ3n) is 5.01. The molecule has 4 rings (SSSR count). The van der Waals surface area contributed by atoms with Crippen LogP contribution in [0.3, 0.4) is 0 Å². The van der Waals surface area contributed by atoms with E-state index in [0.717, 1.165) is 5.69 Å². The average Bonchev–Trinajstić information content (AvgIpc) is 3.24. The predicted octanol–water partition coefficient (Wildman–Crippen LogP) is 3.54. The van der Waals surface area contributed by atoms with Crippen molar-refractivity contribution in [3.05, 3.63) is 63.9 Å². The molecule has 1 aliphatic heterocycles. The Morgan fingerprint density at radius 1 is 1.06 bits per heavy atom. The third-order valence-corrected chi connectivity index (χ3v) is 6.52. The van der Waals surface area contributed by atoms with Crippen LogP contribution in [0.4, 0.5) is 4.39 Å². The second-order valence-corrected chi connectivity index (χ2v) is 8.78. The van der Waals surface area contributed by atoms with Crippen LogP contribution < -0.4 is 0 Å². The van der Waals surface area contributed by atoms with Crippen LogP contribution in [0.1, 0.15) is 5.56 Å². The first kappa shape index (κ1) is 22.0. The fourth-order valence-corrected chi connectivity index (χ4v) is 4.44. The molecule has 0 radical (unpaired) electrons. The molecule has 0 unspecified atom stereocenters. The van der Waals surface area contributed by atoms with E-state index in [4.69, 9.17) is 23.2 Å². The van der Waals surface area contributed by atoms with Crippen LogP contribution in [0.15, 0.2) is 47.6 Å². The Hall–Kier alpha value is -2.20. The highest BCUT2D eigenvalue weighted by Crippen LogP contribution is 2.23. The molecule has 0 saturated carbocycles. The molecule has 1 aromatic heterocycles. The molecule has 1 fully saturated rings. The van der Waals surface area contributed by atoms with Crippen LogP contribution in [-0.4, -0.2) is 67.8 Å². The fourth-order valence-electron chi connectivity index (χ4n) is 3.29. The summed E-state index contributed by atoms with van der Waals surface area (Å²) in [7, 11) is 0. The first-order valence-electron chi connectivity index (χ1n) is 9.61.